The van der Waals surface area contributed by atoms with Crippen LogP contribution in [0.15, 0.2) is 12.1 Å². The lowest BCUT2D eigenvalue weighted by atomic mass is 10.1. The van der Waals surface area contributed by atoms with E-state index in [0.29, 0.717) is 5.56 Å². The van der Waals surface area contributed by atoms with Gasteiger partial charge in [0.25, 0.3) is 0 Å². The Hall–Kier alpha value is 0.140. The minimum absolute atomic E-state index is 0.253. The molecule has 0 bridgehead atoms. The van der Waals surface area contributed by atoms with Crippen molar-refractivity contribution >= 4 is 63.9 Å². The fourth-order valence-electron chi connectivity index (χ4n) is 1.85. The third-order valence-electron chi connectivity index (χ3n) is 2.73. The minimum Gasteiger partial charge on any atom is -0.369 e. The molecule has 2 N–H and O–H groups in total. The molecule has 2 unspecified atom stereocenters. The summed E-state index contributed by atoms with van der Waals surface area (Å²) in [6.07, 6.45) is 0. The number of halogens is 5. The molecule has 1 aromatic carbocycles. The first-order chi connectivity index (χ1) is 7.76. The Morgan fingerprint density at radius 3 is 2.00 bits per heavy atom. The molecule has 0 radical (unpaired) electrons. The van der Waals surface area contributed by atoms with Gasteiger partial charge in [0.05, 0.1) is 21.0 Å². The fraction of sp³-hybridized carbons (Fsp3) is 0.300. The first-order valence-electron chi connectivity index (χ1n) is 4.58. The van der Waals surface area contributed by atoms with Gasteiger partial charge < -0.3 is 5.73 Å². The van der Waals surface area contributed by atoms with Gasteiger partial charge in [-0.1, -0.05) is 34.8 Å². The molecule has 2 nitrogen and oxygen atoms in total. The van der Waals surface area contributed by atoms with Crippen LogP contribution in [0.4, 0.5) is 0 Å². The van der Waals surface area contributed by atoms with E-state index in [2.05, 4.69) is 0 Å². The predicted molar refractivity (Wildman–Crippen MR) is 71.3 cm³/mol. The van der Waals surface area contributed by atoms with Crippen LogP contribution in [-0.4, -0.2) is 10.2 Å². The predicted octanol–water partition coefficient (Wildman–Crippen LogP) is 4.02. The van der Waals surface area contributed by atoms with Gasteiger partial charge in [0.15, 0.2) is 0 Å². The van der Waals surface area contributed by atoms with Gasteiger partial charge in [0.2, 0.25) is 5.91 Å². The second-order valence-electron chi connectivity index (χ2n) is 3.83. The summed E-state index contributed by atoms with van der Waals surface area (Å²) in [4.78, 5) is 11.2. The lowest BCUT2D eigenvalue weighted by molar-refractivity contribution is -0.119. The van der Waals surface area contributed by atoms with Crippen LogP contribution < -0.4 is 5.73 Å². The quantitative estimate of drug-likeness (QED) is 0.645. The van der Waals surface area contributed by atoms with E-state index in [1.54, 1.807) is 12.1 Å². The maximum Gasteiger partial charge on any atom is 0.224 e. The molecule has 1 saturated carbocycles. The van der Waals surface area contributed by atoms with Crippen LogP contribution >= 0.6 is 58.0 Å². The zero-order valence-electron chi connectivity index (χ0n) is 8.18. The van der Waals surface area contributed by atoms with Gasteiger partial charge in [-0.05, 0) is 17.7 Å². The molecule has 1 aliphatic carbocycles. The normalized spacial score (nSPS) is 25.7. The SMILES string of the molecule is NC(=O)C1C(c2cc(Cl)c(Cl)c(Cl)c2)C1(Cl)Cl. The van der Waals surface area contributed by atoms with E-state index in [9.17, 15) is 4.79 Å². The zero-order chi connectivity index (χ0) is 13.0. The number of carbonyl (C=O) groups excluding carboxylic acids is 1. The number of primary amides is 1. The highest BCUT2D eigenvalue weighted by Gasteiger charge is 2.67. The van der Waals surface area contributed by atoms with Crippen molar-refractivity contribution in [3.8, 4) is 0 Å². The number of hydrogen-bond donors (Lipinski definition) is 1. The molecular weight excluding hydrogens is 327 g/mol. The number of hydrogen-bond acceptors (Lipinski definition) is 1. The molecule has 0 aromatic heterocycles. The summed E-state index contributed by atoms with van der Waals surface area (Å²) in [5, 5.41) is 0.824. The van der Waals surface area contributed by atoms with Crippen molar-refractivity contribution in [2.45, 2.75) is 10.3 Å². The summed E-state index contributed by atoms with van der Waals surface area (Å²) in [5.74, 6) is -1.60. The lowest BCUT2D eigenvalue weighted by Crippen LogP contribution is -2.16. The van der Waals surface area contributed by atoms with E-state index in [1.807, 2.05) is 0 Å². The second-order valence-corrected chi connectivity index (χ2v) is 6.47. The van der Waals surface area contributed by atoms with Crippen LogP contribution in [0.1, 0.15) is 11.5 Å². The number of benzene rings is 1. The molecule has 92 valence electrons. The summed E-state index contributed by atoms with van der Waals surface area (Å²) in [7, 11) is 0. The molecule has 7 heteroatoms. The van der Waals surface area contributed by atoms with Crippen molar-refractivity contribution in [2.75, 3.05) is 0 Å². The Labute approximate surface area is 123 Å². The van der Waals surface area contributed by atoms with Gasteiger partial charge in [0, 0.05) is 5.92 Å². The molecular formula is C10H6Cl5NO. The van der Waals surface area contributed by atoms with Crippen LogP contribution in [0.2, 0.25) is 15.1 Å². The van der Waals surface area contributed by atoms with E-state index in [-0.39, 0.29) is 15.1 Å². The van der Waals surface area contributed by atoms with E-state index in [1.165, 1.54) is 0 Å². The van der Waals surface area contributed by atoms with Gasteiger partial charge in [-0.15, -0.1) is 23.2 Å². The molecule has 1 aromatic rings. The summed E-state index contributed by atoms with van der Waals surface area (Å²) >= 11 is 29.6. The van der Waals surface area contributed by atoms with E-state index >= 15 is 0 Å². The Balaban J connectivity index is 2.41. The maximum absolute atomic E-state index is 11.2. The van der Waals surface area contributed by atoms with E-state index in [4.69, 9.17) is 63.7 Å². The highest BCUT2D eigenvalue weighted by atomic mass is 35.5. The molecule has 2 atom stereocenters. The molecule has 17 heavy (non-hydrogen) atoms. The van der Waals surface area contributed by atoms with Crippen molar-refractivity contribution in [2.24, 2.45) is 11.7 Å². The largest absolute Gasteiger partial charge is 0.369 e. The monoisotopic (exact) mass is 331 g/mol. The van der Waals surface area contributed by atoms with Gasteiger partial charge in [0.1, 0.15) is 4.33 Å². The van der Waals surface area contributed by atoms with E-state index < -0.39 is 22.1 Å². The molecule has 0 heterocycles. The zero-order valence-corrected chi connectivity index (χ0v) is 12.0. The van der Waals surface area contributed by atoms with Gasteiger partial charge in [-0.3, -0.25) is 4.79 Å². The maximum atomic E-state index is 11.2. The summed E-state index contributed by atoms with van der Waals surface area (Å²) in [6.45, 7) is 0. The number of alkyl halides is 2. The topological polar surface area (TPSA) is 43.1 Å². The van der Waals surface area contributed by atoms with Crippen molar-refractivity contribution in [3.63, 3.8) is 0 Å². The Morgan fingerprint density at radius 1 is 1.18 bits per heavy atom. The molecule has 0 aliphatic heterocycles. The van der Waals surface area contributed by atoms with E-state index in [0.717, 1.165) is 0 Å². The third-order valence-corrected chi connectivity index (χ3v) is 4.86. The molecule has 1 fully saturated rings. The summed E-state index contributed by atoms with van der Waals surface area (Å²) < 4.78 is -1.20. The minimum atomic E-state index is -1.20. The third kappa shape index (κ3) is 2.22. The number of carbonyl (C=O) groups is 1. The number of rotatable bonds is 2. The Bertz CT molecular complexity index is 478. The number of amides is 1. The molecule has 1 aliphatic rings. The van der Waals surface area contributed by atoms with Gasteiger partial charge in [-0.2, -0.15) is 0 Å². The van der Waals surface area contributed by atoms with Crippen LogP contribution in [0.5, 0.6) is 0 Å². The van der Waals surface area contributed by atoms with Crippen LogP contribution in [-0.2, 0) is 4.79 Å². The first kappa shape index (κ1) is 13.6. The van der Waals surface area contributed by atoms with Crippen LogP contribution in [0.25, 0.3) is 0 Å². The van der Waals surface area contributed by atoms with Gasteiger partial charge >= 0.3 is 0 Å². The average Bonchev–Trinajstić information content (AvgIpc) is 2.77. The summed E-state index contributed by atoms with van der Waals surface area (Å²) in [5.41, 5.74) is 5.86. The van der Waals surface area contributed by atoms with Crippen LogP contribution in [0.3, 0.4) is 0 Å². The highest BCUT2D eigenvalue weighted by Crippen LogP contribution is 2.65. The Kier molecular flexibility index (Phi) is 3.48. The van der Waals surface area contributed by atoms with Crippen molar-refractivity contribution in [1.82, 2.24) is 0 Å². The van der Waals surface area contributed by atoms with Crippen molar-refractivity contribution in [3.05, 3.63) is 32.8 Å². The summed E-state index contributed by atoms with van der Waals surface area (Å²) in [6, 6.07) is 3.17. The fourth-order valence-corrected chi connectivity index (χ4v) is 3.31. The Morgan fingerprint density at radius 2 is 1.65 bits per heavy atom. The number of nitrogens with two attached hydrogens (primary N) is 1. The first-order valence-corrected chi connectivity index (χ1v) is 6.47. The van der Waals surface area contributed by atoms with Crippen molar-refractivity contribution in [1.29, 1.82) is 0 Å². The molecule has 1 amide bonds. The molecule has 0 spiro atoms. The second kappa shape index (κ2) is 4.36. The smallest absolute Gasteiger partial charge is 0.224 e. The standard InChI is InChI=1S/C10H6Cl5NO/c11-4-1-3(2-5(12)8(4)13)6-7(9(16)17)10(6,14)15/h1-2,6-7H,(H2,16,17). The molecule has 0 saturated heterocycles. The van der Waals surface area contributed by atoms with Gasteiger partial charge in [-0.25, -0.2) is 0 Å². The lowest BCUT2D eigenvalue weighted by Gasteiger charge is -2.05. The van der Waals surface area contributed by atoms with Crippen molar-refractivity contribution < 1.29 is 4.79 Å². The average molecular weight is 333 g/mol. The van der Waals surface area contributed by atoms with Crippen LogP contribution in [0, 0.1) is 5.92 Å². The highest BCUT2D eigenvalue weighted by molar-refractivity contribution is 6.53. The molecule has 2 rings (SSSR count).